The second-order valence-electron chi connectivity index (χ2n) is 9.01. The molecule has 0 aliphatic carbocycles. The van der Waals surface area contributed by atoms with Gasteiger partial charge in [-0.2, -0.15) is 4.98 Å². The van der Waals surface area contributed by atoms with Gasteiger partial charge in [0.1, 0.15) is 5.82 Å². The molecule has 0 saturated carbocycles. The van der Waals surface area contributed by atoms with E-state index in [1.165, 1.54) is 108 Å². The third kappa shape index (κ3) is 9.35. The van der Waals surface area contributed by atoms with Gasteiger partial charge >= 0.3 is 0 Å². The lowest BCUT2D eigenvalue weighted by molar-refractivity contribution is 0.535. The van der Waals surface area contributed by atoms with Crippen molar-refractivity contribution < 1.29 is 0 Å². The van der Waals surface area contributed by atoms with Crippen LogP contribution in [0.15, 0.2) is 0 Å². The SMILES string of the molecule is CCCCCCCCCCCCCCCCc1c(C)nc(N2CCCC2)nc1N. The summed E-state index contributed by atoms with van der Waals surface area (Å²) in [4.78, 5) is 11.6. The second kappa shape index (κ2) is 14.6. The Bertz CT molecular complexity index is 529. The van der Waals surface area contributed by atoms with E-state index in [9.17, 15) is 0 Å². The first kappa shape index (κ1) is 24.0. The summed E-state index contributed by atoms with van der Waals surface area (Å²) in [5.41, 5.74) is 8.52. The monoisotopic (exact) mass is 402 g/mol. The average Bonchev–Trinajstić information content (AvgIpc) is 3.24. The number of anilines is 2. The van der Waals surface area contributed by atoms with E-state index in [2.05, 4.69) is 23.7 Å². The third-order valence-electron chi connectivity index (χ3n) is 6.40. The van der Waals surface area contributed by atoms with Crippen molar-refractivity contribution in [3.05, 3.63) is 11.3 Å². The Morgan fingerprint density at radius 2 is 1.21 bits per heavy atom. The Morgan fingerprint density at radius 1 is 0.724 bits per heavy atom. The van der Waals surface area contributed by atoms with E-state index in [0.717, 1.165) is 31.2 Å². The normalized spacial score (nSPS) is 14.1. The van der Waals surface area contributed by atoms with E-state index < -0.39 is 0 Å². The van der Waals surface area contributed by atoms with E-state index in [0.29, 0.717) is 5.82 Å². The molecule has 4 heteroatoms. The minimum absolute atomic E-state index is 0.703. The van der Waals surface area contributed by atoms with Crippen LogP contribution in [0.25, 0.3) is 0 Å². The van der Waals surface area contributed by atoms with Crippen LogP contribution in [-0.2, 0) is 6.42 Å². The van der Waals surface area contributed by atoms with Crippen molar-refractivity contribution in [2.24, 2.45) is 0 Å². The highest BCUT2D eigenvalue weighted by Crippen LogP contribution is 2.23. The lowest BCUT2D eigenvalue weighted by Gasteiger charge is -2.18. The molecule has 1 aromatic heterocycles. The highest BCUT2D eigenvalue weighted by molar-refractivity contribution is 5.48. The van der Waals surface area contributed by atoms with Gasteiger partial charge in [-0.05, 0) is 32.6 Å². The third-order valence-corrected chi connectivity index (χ3v) is 6.40. The predicted octanol–water partition coefficient (Wildman–Crippen LogP) is 6.99. The molecular formula is C25H46N4. The van der Waals surface area contributed by atoms with Gasteiger partial charge in [0.15, 0.2) is 0 Å². The molecule has 4 nitrogen and oxygen atoms in total. The molecule has 0 amide bonds. The molecule has 0 bridgehead atoms. The van der Waals surface area contributed by atoms with Crippen molar-refractivity contribution in [1.82, 2.24) is 9.97 Å². The summed E-state index contributed by atoms with van der Waals surface area (Å²) in [5, 5.41) is 0. The summed E-state index contributed by atoms with van der Waals surface area (Å²) in [6.45, 7) is 6.52. The maximum Gasteiger partial charge on any atom is 0.227 e. The van der Waals surface area contributed by atoms with E-state index in [1.807, 2.05) is 0 Å². The first-order valence-corrected chi connectivity index (χ1v) is 12.6. The molecule has 2 N–H and O–H groups in total. The van der Waals surface area contributed by atoms with Gasteiger partial charge in [0.05, 0.1) is 0 Å². The number of nitrogens with zero attached hydrogens (tertiary/aromatic N) is 3. The largest absolute Gasteiger partial charge is 0.383 e. The standard InChI is InChI=1S/C25H46N4/c1-3-4-5-6-7-8-9-10-11-12-13-14-15-16-19-23-22(2)27-25(28-24(23)26)29-20-17-18-21-29/h3-21H2,1-2H3,(H2,26,27,28). The van der Waals surface area contributed by atoms with Crippen LogP contribution in [0.4, 0.5) is 11.8 Å². The number of rotatable bonds is 16. The smallest absolute Gasteiger partial charge is 0.227 e. The quantitative estimate of drug-likeness (QED) is 0.303. The first-order chi connectivity index (χ1) is 14.2. The van der Waals surface area contributed by atoms with Gasteiger partial charge in [-0.15, -0.1) is 0 Å². The van der Waals surface area contributed by atoms with Crippen LogP contribution >= 0.6 is 0 Å². The maximum absolute atomic E-state index is 6.27. The Labute approximate surface area is 180 Å². The number of nitrogen functional groups attached to an aromatic ring is 1. The van der Waals surface area contributed by atoms with Crippen molar-refractivity contribution in [3.8, 4) is 0 Å². The lowest BCUT2D eigenvalue weighted by Crippen LogP contribution is -2.22. The summed E-state index contributed by atoms with van der Waals surface area (Å²) in [7, 11) is 0. The topological polar surface area (TPSA) is 55.0 Å². The molecule has 0 unspecified atom stereocenters. The summed E-state index contributed by atoms with van der Waals surface area (Å²) in [6.07, 6.45) is 23.0. The zero-order chi connectivity index (χ0) is 20.7. The molecule has 0 atom stereocenters. The Morgan fingerprint density at radius 3 is 1.69 bits per heavy atom. The van der Waals surface area contributed by atoms with Crippen LogP contribution in [0.1, 0.15) is 121 Å². The first-order valence-electron chi connectivity index (χ1n) is 12.6. The number of aryl methyl sites for hydroxylation is 1. The fraction of sp³-hybridized carbons (Fsp3) is 0.840. The molecule has 0 radical (unpaired) electrons. The summed E-state index contributed by atoms with van der Waals surface area (Å²) < 4.78 is 0. The highest BCUT2D eigenvalue weighted by Gasteiger charge is 2.17. The lowest BCUT2D eigenvalue weighted by atomic mass is 10.0. The highest BCUT2D eigenvalue weighted by atomic mass is 15.3. The van der Waals surface area contributed by atoms with Gasteiger partial charge in [0, 0.05) is 24.3 Å². The van der Waals surface area contributed by atoms with Gasteiger partial charge in [0.2, 0.25) is 5.95 Å². The summed E-state index contributed by atoms with van der Waals surface area (Å²) in [6, 6.07) is 0. The summed E-state index contributed by atoms with van der Waals surface area (Å²) in [5.74, 6) is 1.54. The van der Waals surface area contributed by atoms with Gasteiger partial charge in [-0.3, -0.25) is 0 Å². The van der Waals surface area contributed by atoms with Crippen molar-refractivity contribution in [2.75, 3.05) is 23.7 Å². The Balaban J connectivity index is 1.48. The van der Waals surface area contributed by atoms with Gasteiger partial charge in [0.25, 0.3) is 0 Å². The zero-order valence-corrected chi connectivity index (χ0v) is 19.4. The van der Waals surface area contributed by atoms with Crippen LogP contribution in [0, 0.1) is 6.92 Å². The Kier molecular flexibility index (Phi) is 12.1. The molecule has 2 rings (SSSR count). The second-order valence-corrected chi connectivity index (χ2v) is 9.01. The zero-order valence-electron chi connectivity index (χ0n) is 19.4. The maximum atomic E-state index is 6.27. The molecule has 1 saturated heterocycles. The summed E-state index contributed by atoms with van der Waals surface area (Å²) >= 11 is 0. The molecule has 0 spiro atoms. The molecule has 1 aliphatic heterocycles. The van der Waals surface area contributed by atoms with Gasteiger partial charge in [-0.1, -0.05) is 90.4 Å². The number of unbranched alkanes of at least 4 members (excludes halogenated alkanes) is 13. The van der Waals surface area contributed by atoms with Crippen LogP contribution in [0.3, 0.4) is 0 Å². The van der Waals surface area contributed by atoms with E-state index in [-0.39, 0.29) is 0 Å². The fourth-order valence-electron chi connectivity index (χ4n) is 4.47. The molecule has 29 heavy (non-hydrogen) atoms. The number of nitrogens with two attached hydrogens (primary N) is 1. The van der Waals surface area contributed by atoms with Crippen molar-refractivity contribution in [1.29, 1.82) is 0 Å². The van der Waals surface area contributed by atoms with Crippen molar-refractivity contribution >= 4 is 11.8 Å². The van der Waals surface area contributed by atoms with Crippen LogP contribution in [0.2, 0.25) is 0 Å². The molecule has 1 aromatic rings. The van der Waals surface area contributed by atoms with E-state index >= 15 is 0 Å². The van der Waals surface area contributed by atoms with Crippen LogP contribution < -0.4 is 10.6 Å². The molecule has 0 aromatic carbocycles. The average molecular weight is 403 g/mol. The molecular weight excluding hydrogens is 356 g/mol. The molecule has 1 aliphatic rings. The number of hydrogen-bond donors (Lipinski definition) is 1. The number of hydrogen-bond acceptors (Lipinski definition) is 4. The van der Waals surface area contributed by atoms with Crippen molar-refractivity contribution in [2.45, 2.75) is 123 Å². The van der Waals surface area contributed by atoms with Gasteiger partial charge < -0.3 is 10.6 Å². The predicted molar refractivity (Wildman–Crippen MR) is 127 cm³/mol. The van der Waals surface area contributed by atoms with Crippen molar-refractivity contribution in [3.63, 3.8) is 0 Å². The molecule has 1 fully saturated rings. The Hall–Kier alpha value is -1.32. The molecule has 166 valence electrons. The van der Waals surface area contributed by atoms with Gasteiger partial charge in [-0.25, -0.2) is 4.98 Å². The minimum Gasteiger partial charge on any atom is -0.383 e. The van der Waals surface area contributed by atoms with E-state index in [1.54, 1.807) is 0 Å². The van der Waals surface area contributed by atoms with E-state index in [4.69, 9.17) is 10.7 Å². The number of aromatic nitrogens is 2. The molecule has 2 heterocycles. The van der Waals surface area contributed by atoms with Crippen LogP contribution in [-0.4, -0.2) is 23.1 Å². The van der Waals surface area contributed by atoms with Crippen LogP contribution in [0.5, 0.6) is 0 Å². The minimum atomic E-state index is 0.703. The fourth-order valence-corrected chi connectivity index (χ4v) is 4.47.